The number of aryl methyl sites for hydroxylation is 3. The highest BCUT2D eigenvalue weighted by Gasteiger charge is 2.35. The van der Waals surface area contributed by atoms with E-state index in [1.807, 2.05) is 77.9 Å². The fraction of sp³-hybridized carbons (Fsp3) is 0.297. The van der Waals surface area contributed by atoms with Gasteiger partial charge in [-0.3, -0.25) is 13.9 Å². The fourth-order valence-electron chi connectivity index (χ4n) is 5.25. The summed E-state index contributed by atoms with van der Waals surface area (Å²) in [7, 11) is -4.18. The summed E-state index contributed by atoms with van der Waals surface area (Å²) in [5, 5.41) is 3.59. The molecular weight excluding hydrogens is 618 g/mol. The van der Waals surface area contributed by atoms with Crippen molar-refractivity contribution < 1.29 is 18.0 Å². The average Bonchev–Trinajstić information content (AvgIpc) is 2.97. The van der Waals surface area contributed by atoms with Gasteiger partial charge in [0, 0.05) is 23.5 Å². The molecule has 0 aliphatic heterocycles. The maximum atomic E-state index is 14.6. The summed E-state index contributed by atoms with van der Waals surface area (Å²) in [6, 6.07) is 27.6. The van der Waals surface area contributed by atoms with Crippen LogP contribution < -0.4 is 9.62 Å². The van der Waals surface area contributed by atoms with Crippen LogP contribution in [0.15, 0.2) is 102 Å². The standard InChI is InChI=1S/C37H42ClN3O4S/c1-26-12-18-33(19-13-26)46(44,45)41(32-21-27(2)20-28(3)22-32)25-35(42)40(24-30-14-16-31(38)17-15-30)34(36(43)39-37(4,5)6)23-29-10-8-7-9-11-29/h7-22,34H,23-25H2,1-6H3,(H,39,43)/t34-/m1/s1. The van der Waals surface area contributed by atoms with Crippen molar-refractivity contribution in [3.05, 3.63) is 130 Å². The van der Waals surface area contributed by atoms with Gasteiger partial charge in [-0.15, -0.1) is 0 Å². The Bertz CT molecular complexity index is 1750. The lowest BCUT2D eigenvalue weighted by molar-refractivity contribution is -0.140. The topological polar surface area (TPSA) is 86.8 Å². The van der Waals surface area contributed by atoms with E-state index in [1.165, 1.54) is 4.90 Å². The summed E-state index contributed by atoms with van der Waals surface area (Å²) in [5.74, 6) is -0.854. The van der Waals surface area contributed by atoms with E-state index in [1.54, 1.807) is 60.7 Å². The van der Waals surface area contributed by atoms with Gasteiger partial charge in [0.1, 0.15) is 12.6 Å². The molecule has 0 heterocycles. The van der Waals surface area contributed by atoms with Crippen molar-refractivity contribution >= 4 is 39.1 Å². The Hall–Kier alpha value is -4.14. The quantitative estimate of drug-likeness (QED) is 0.188. The SMILES string of the molecule is Cc1ccc(S(=O)(=O)N(CC(=O)N(Cc2ccc(Cl)cc2)[C@H](Cc2ccccc2)C(=O)NC(C)(C)C)c2cc(C)cc(C)c2)cc1. The largest absolute Gasteiger partial charge is 0.350 e. The van der Waals surface area contributed by atoms with E-state index in [0.717, 1.165) is 32.1 Å². The van der Waals surface area contributed by atoms with Gasteiger partial charge in [-0.05, 0) is 100 Å². The second-order valence-electron chi connectivity index (χ2n) is 12.8. The van der Waals surface area contributed by atoms with Crippen molar-refractivity contribution in [1.82, 2.24) is 10.2 Å². The number of benzene rings is 4. The monoisotopic (exact) mass is 659 g/mol. The van der Waals surface area contributed by atoms with Crippen LogP contribution in [0.5, 0.6) is 0 Å². The van der Waals surface area contributed by atoms with Crippen LogP contribution in [0.3, 0.4) is 0 Å². The molecule has 0 saturated heterocycles. The minimum atomic E-state index is -4.18. The Morgan fingerprint density at radius 1 is 0.783 bits per heavy atom. The second-order valence-corrected chi connectivity index (χ2v) is 15.1. The Morgan fingerprint density at radius 3 is 1.93 bits per heavy atom. The van der Waals surface area contributed by atoms with Crippen LogP contribution in [0, 0.1) is 20.8 Å². The van der Waals surface area contributed by atoms with Crippen LogP contribution in [0.1, 0.15) is 48.6 Å². The number of nitrogens with one attached hydrogen (secondary N) is 1. The van der Waals surface area contributed by atoms with Crippen molar-refractivity contribution in [1.29, 1.82) is 0 Å². The average molecular weight is 660 g/mol. The Labute approximate surface area is 278 Å². The van der Waals surface area contributed by atoms with E-state index in [0.29, 0.717) is 10.7 Å². The molecule has 1 N–H and O–H groups in total. The van der Waals surface area contributed by atoms with E-state index in [9.17, 15) is 18.0 Å². The van der Waals surface area contributed by atoms with Gasteiger partial charge in [0.05, 0.1) is 10.6 Å². The highest BCUT2D eigenvalue weighted by atomic mass is 35.5. The van der Waals surface area contributed by atoms with E-state index in [4.69, 9.17) is 11.6 Å². The molecule has 0 aromatic heterocycles. The molecule has 0 bridgehead atoms. The number of carbonyl (C=O) groups is 2. The number of rotatable bonds is 11. The molecule has 1 atom stereocenters. The van der Waals surface area contributed by atoms with Crippen molar-refractivity contribution in [2.75, 3.05) is 10.8 Å². The van der Waals surface area contributed by atoms with Gasteiger partial charge < -0.3 is 10.2 Å². The summed E-state index contributed by atoms with van der Waals surface area (Å²) in [6.45, 7) is 10.8. The van der Waals surface area contributed by atoms with Crippen LogP contribution in [-0.2, 0) is 32.6 Å². The Balaban J connectivity index is 1.84. The first-order valence-electron chi connectivity index (χ1n) is 15.2. The van der Waals surface area contributed by atoms with Gasteiger partial charge in [-0.25, -0.2) is 8.42 Å². The third kappa shape index (κ3) is 9.21. The molecule has 0 unspecified atom stereocenters. The first-order chi connectivity index (χ1) is 21.6. The highest BCUT2D eigenvalue weighted by Crippen LogP contribution is 2.27. The molecule has 0 aliphatic rings. The predicted molar refractivity (Wildman–Crippen MR) is 185 cm³/mol. The van der Waals surface area contributed by atoms with Crippen molar-refractivity contribution in [3.63, 3.8) is 0 Å². The van der Waals surface area contributed by atoms with Crippen molar-refractivity contribution in [3.8, 4) is 0 Å². The van der Waals surface area contributed by atoms with Crippen LogP contribution in [0.25, 0.3) is 0 Å². The molecule has 242 valence electrons. The molecule has 0 radical (unpaired) electrons. The molecule has 0 aliphatic carbocycles. The first kappa shape index (κ1) is 34.7. The number of carbonyl (C=O) groups excluding carboxylic acids is 2. The smallest absolute Gasteiger partial charge is 0.264 e. The zero-order chi connectivity index (χ0) is 33.6. The van der Waals surface area contributed by atoms with E-state index >= 15 is 0 Å². The van der Waals surface area contributed by atoms with Gasteiger partial charge in [0.15, 0.2) is 0 Å². The summed E-state index contributed by atoms with van der Waals surface area (Å²) >= 11 is 6.17. The highest BCUT2D eigenvalue weighted by molar-refractivity contribution is 7.92. The summed E-state index contributed by atoms with van der Waals surface area (Å²) < 4.78 is 29.7. The molecule has 4 aromatic carbocycles. The molecule has 46 heavy (non-hydrogen) atoms. The lowest BCUT2D eigenvalue weighted by Crippen LogP contribution is -2.56. The minimum absolute atomic E-state index is 0.0658. The molecule has 7 nitrogen and oxygen atoms in total. The van der Waals surface area contributed by atoms with Crippen LogP contribution in [0.2, 0.25) is 5.02 Å². The molecule has 4 rings (SSSR count). The van der Waals surface area contributed by atoms with E-state index in [2.05, 4.69) is 5.32 Å². The second kappa shape index (κ2) is 14.5. The number of amides is 2. The third-order valence-corrected chi connectivity index (χ3v) is 9.46. The molecule has 0 saturated carbocycles. The maximum Gasteiger partial charge on any atom is 0.264 e. The zero-order valence-electron chi connectivity index (χ0n) is 27.2. The molecule has 9 heteroatoms. The molecule has 2 amide bonds. The number of hydrogen-bond donors (Lipinski definition) is 1. The summed E-state index contributed by atoms with van der Waals surface area (Å²) in [5.41, 5.74) is 4.04. The number of anilines is 1. The predicted octanol–water partition coefficient (Wildman–Crippen LogP) is 7.02. The van der Waals surface area contributed by atoms with Gasteiger partial charge in [0.25, 0.3) is 10.0 Å². The van der Waals surface area contributed by atoms with Gasteiger partial charge in [0.2, 0.25) is 11.8 Å². The third-order valence-electron chi connectivity index (χ3n) is 7.42. The number of sulfonamides is 1. The molecule has 0 fully saturated rings. The molecule has 0 spiro atoms. The van der Waals surface area contributed by atoms with Crippen molar-refractivity contribution in [2.24, 2.45) is 0 Å². The fourth-order valence-corrected chi connectivity index (χ4v) is 6.78. The number of nitrogens with zero attached hydrogens (tertiary/aromatic N) is 2. The van der Waals surface area contributed by atoms with Crippen LogP contribution >= 0.6 is 11.6 Å². The number of halogens is 1. The van der Waals surface area contributed by atoms with E-state index in [-0.39, 0.29) is 23.8 Å². The van der Waals surface area contributed by atoms with Gasteiger partial charge >= 0.3 is 0 Å². The first-order valence-corrected chi connectivity index (χ1v) is 17.0. The van der Waals surface area contributed by atoms with Crippen LogP contribution in [0.4, 0.5) is 5.69 Å². The summed E-state index contributed by atoms with van der Waals surface area (Å²) in [6.07, 6.45) is 0.232. The number of hydrogen-bond acceptors (Lipinski definition) is 4. The minimum Gasteiger partial charge on any atom is -0.350 e. The van der Waals surface area contributed by atoms with Crippen LogP contribution in [-0.4, -0.2) is 43.3 Å². The Morgan fingerprint density at radius 2 is 1.37 bits per heavy atom. The normalized spacial score (nSPS) is 12.3. The van der Waals surface area contributed by atoms with Crippen molar-refractivity contribution in [2.45, 2.75) is 71.0 Å². The molecular formula is C37H42ClN3O4S. The van der Waals surface area contributed by atoms with Gasteiger partial charge in [-0.2, -0.15) is 0 Å². The van der Waals surface area contributed by atoms with Gasteiger partial charge in [-0.1, -0.05) is 77.8 Å². The maximum absolute atomic E-state index is 14.6. The summed E-state index contributed by atoms with van der Waals surface area (Å²) in [4.78, 5) is 30.2. The lowest BCUT2D eigenvalue weighted by Gasteiger charge is -2.35. The zero-order valence-corrected chi connectivity index (χ0v) is 28.8. The lowest BCUT2D eigenvalue weighted by atomic mass is 10.0. The Kier molecular flexibility index (Phi) is 11.0. The molecule has 4 aromatic rings. The van der Waals surface area contributed by atoms with E-state index < -0.39 is 34.1 Å².